The van der Waals surface area contributed by atoms with Crippen LogP contribution in [0.2, 0.25) is 0 Å². The molecular formula is C25H36O8. The molecule has 0 aliphatic heterocycles. The van der Waals surface area contributed by atoms with Gasteiger partial charge in [-0.25, -0.2) is 0 Å². The second-order valence-corrected chi connectivity index (χ2v) is 9.64. The Kier molecular flexibility index (Phi) is 8.89. The van der Waals surface area contributed by atoms with Crippen LogP contribution in [-0.2, 0) is 23.9 Å². The van der Waals surface area contributed by atoms with Crippen molar-refractivity contribution < 1.29 is 38.4 Å². The molecule has 0 saturated heterocycles. The molecule has 1 aliphatic rings. The third kappa shape index (κ3) is 6.25. The van der Waals surface area contributed by atoms with Gasteiger partial charge < -0.3 is 24.1 Å². The normalized spacial score (nSPS) is 25.2. The molecule has 1 N–H and O–H groups in total. The number of benzene rings is 1. The number of aliphatic hydroxyl groups is 1. The Bertz CT molecular complexity index is 858. The van der Waals surface area contributed by atoms with Crippen LogP contribution in [0.5, 0.6) is 11.5 Å². The van der Waals surface area contributed by atoms with E-state index in [4.69, 9.17) is 18.9 Å². The number of carbonyl (C=O) groups excluding carboxylic acids is 3. The molecule has 4 atom stereocenters. The zero-order valence-electron chi connectivity index (χ0n) is 20.5. The van der Waals surface area contributed by atoms with Crippen LogP contribution in [0.15, 0.2) is 18.2 Å². The largest absolute Gasteiger partial charge is 0.493 e. The predicted molar refractivity (Wildman–Crippen MR) is 121 cm³/mol. The molecule has 2 rings (SSSR count). The minimum atomic E-state index is -1.71. The van der Waals surface area contributed by atoms with Gasteiger partial charge in [0.25, 0.3) is 0 Å². The van der Waals surface area contributed by atoms with E-state index in [1.165, 1.54) is 21.1 Å². The highest BCUT2D eigenvalue weighted by molar-refractivity contribution is 6.02. The maximum absolute atomic E-state index is 13.2. The molecule has 1 aromatic carbocycles. The van der Waals surface area contributed by atoms with E-state index >= 15 is 0 Å². The summed E-state index contributed by atoms with van der Waals surface area (Å²) in [4.78, 5) is 39.4. The second kappa shape index (κ2) is 11.0. The zero-order valence-corrected chi connectivity index (χ0v) is 20.5. The number of rotatable bonds is 9. The van der Waals surface area contributed by atoms with E-state index in [0.29, 0.717) is 17.1 Å². The van der Waals surface area contributed by atoms with Crippen molar-refractivity contribution in [2.45, 2.75) is 52.6 Å². The SMILES string of the molecule is COc1ccc([C@H]2[C@@H](C(=O)OCC(C)C)C(=O)C[C@@](C)(O)[C@@H]2C(=O)OCC(C)C)cc1OC. The first-order chi connectivity index (χ1) is 15.4. The molecule has 0 bridgehead atoms. The van der Waals surface area contributed by atoms with Crippen molar-refractivity contribution >= 4 is 17.7 Å². The molecule has 0 amide bonds. The Labute approximate surface area is 195 Å². The van der Waals surface area contributed by atoms with Gasteiger partial charge in [-0.2, -0.15) is 0 Å². The fourth-order valence-electron chi connectivity index (χ4n) is 4.15. The number of methoxy groups -OCH3 is 2. The summed E-state index contributed by atoms with van der Waals surface area (Å²) >= 11 is 0. The minimum absolute atomic E-state index is 0.0714. The van der Waals surface area contributed by atoms with E-state index in [0.717, 1.165) is 0 Å². The lowest BCUT2D eigenvalue weighted by molar-refractivity contribution is -0.173. The summed E-state index contributed by atoms with van der Waals surface area (Å²) in [5.41, 5.74) is -1.24. The standard InChI is InChI=1S/C25H36O8/c1-14(2)12-32-23(27)21-17(26)11-25(5,29)22(24(28)33-13-15(3)4)20(21)16-8-9-18(30-6)19(10-16)31-7/h8-10,14-15,20-22,29H,11-13H2,1-7H3/t20-,21-,22-,25+/m0/s1. The summed E-state index contributed by atoms with van der Waals surface area (Å²) in [6.45, 7) is 9.29. The first-order valence-electron chi connectivity index (χ1n) is 11.2. The Morgan fingerprint density at radius 3 is 2.06 bits per heavy atom. The van der Waals surface area contributed by atoms with Crippen molar-refractivity contribution in [3.8, 4) is 11.5 Å². The predicted octanol–water partition coefficient (Wildman–Crippen LogP) is 3.14. The molecule has 1 saturated carbocycles. The lowest BCUT2D eigenvalue weighted by Gasteiger charge is -2.43. The number of esters is 2. The summed E-state index contributed by atoms with van der Waals surface area (Å²) in [5, 5.41) is 11.2. The second-order valence-electron chi connectivity index (χ2n) is 9.64. The minimum Gasteiger partial charge on any atom is -0.493 e. The molecule has 1 fully saturated rings. The topological polar surface area (TPSA) is 108 Å². The third-order valence-corrected chi connectivity index (χ3v) is 5.69. The molecule has 1 aliphatic carbocycles. The lowest BCUT2D eigenvalue weighted by atomic mass is 9.61. The van der Waals surface area contributed by atoms with Crippen molar-refractivity contribution in [2.24, 2.45) is 23.7 Å². The van der Waals surface area contributed by atoms with Gasteiger partial charge in [0.15, 0.2) is 17.3 Å². The Hall–Kier alpha value is -2.61. The number of ketones is 1. The molecule has 0 aromatic heterocycles. The Morgan fingerprint density at radius 2 is 1.55 bits per heavy atom. The average molecular weight is 465 g/mol. The number of Topliss-reactive ketones (excluding diaryl/α,β-unsaturated/α-hetero) is 1. The Balaban J connectivity index is 2.61. The summed E-state index contributed by atoms with van der Waals surface area (Å²) in [6.07, 6.45) is -0.361. The highest BCUT2D eigenvalue weighted by atomic mass is 16.5. The van der Waals surface area contributed by atoms with Crippen LogP contribution in [0.25, 0.3) is 0 Å². The molecule has 33 heavy (non-hydrogen) atoms. The van der Waals surface area contributed by atoms with Crippen molar-refractivity contribution in [3.63, 3.8) is 0 Å². The number of hydrogen-bond donors (Lipinski definition) is 1. The van der Waals surface area contributed by atoms with Gasteiger partial charge in [0, 0.05) is 12.3 Å². The van der Waals surface area contributed by atoms with E-state index < -0.39 is 41.1 Å². The van der Waals surface area contributed by atoms with E-state index in [-0.39, 0.29) is 31.5 Å². The Morgan fingerprint density at radius 1 is 1.00 bits per heavy atom. The first-order valence-corrected chi connectivity index (χ1v) is 11.2. The van der Waals surface area contributed by atoms with E-state index in [9.17, 15) is 19.5 Å². The fourth-order valence-corrected chi connectivity index (χ4v) is 4.15. The fraction of sp³-hybridized carbons (Fsp3) is 0.640. The van der Waals surface area contributed by atoms with Crippen LogP contribution in [0.4, 0.5) is 0 Å². The summed E-state index contributed by atoms with van der Waals surface area (Å²) in [5.74, 6) is -4.32. The molecule has 184 valence electrons. The van der Waals surface area contributed by atoms with Gasteiger partial charge in [0.05, 0.1) is 39.0 Å². The van der Waals surface area contributed by atoms with Gasteiger partial charge in [0.2, 0.25) is 0 Å². The number of ether oxygens (including phenoxy) is 4. The summed E-state index contributed by atoms with van der Waals surface area (Å²) < 4.78 is 21.6. The van der Waals surface area contributed by atoms with Gasteiger partial charge in [-0.05, 0) is 36.5 Å². The summed E-state index contributed by atoms with van der Waals surface area (Å²) in [7, 11) is 2.96. The maximum Gasteiger partial charge on any atom is 0.317 e. The van der Waals surface area contributed by atoms with Crippen molar-refractivity contribution in [1.29, 1.82) is 0 Å². The highest BCUT2D eigenvalue weighted by Crippen LogP contribution is 2.48. The van der Waals surface area contributed by atoms with Gasteiger partial charge in [-0.3, -0.25) is 14.4 Å². The molecule has 1 aromatic rings. The van der Waals surface area contributed by atoms with E-state index in [1.54, 1.807) is 18.2 Å². The molecule has 0 radical (unpaired) electrons. The van der Waals surface area contributed by atoms with Gasteiger partial charge >= 0.3 is 11.9 Å². The molecular weight excluding hydrogens is 428 g/mol. The van der Waals surface area contributed by atoms with Crippen LogP contribution in [0.3, 0.4) is 0 Å². The highest BCUT2D eigenvalue weighted by Gasteiger charge is 2.57. The van der Waals surface area contributed by atoms with Crippen LogP contribution in [0.1, 0.15) is 52.5 Å². The molecule has 0 unspecified atom stereocenters. The molecule has 8 nitrogen and oxygen atoms in total. The molecule has 8 heteroatoms. The first kappa shape index (κ1) is 26.6. The van der Waals surface area contributed by atoms with Gasteiger partial charge in [0.1, 0.15) is 5.92 Å². The lowest BCUT2D eigenvalue weighted by Crippen LogP contribution is -2.55. The maximum atomic E-state index is 13.2. The van der Waals surface area contributed by atoms with Crippen LogP contribution in [-0.4, -0.2) is 55.9 Å². The van der Waals surface area contributed by atoms with Gasteiger partial charge in [-0.1, -0.05) is 33.8 Å². The molecule has 0 spiro atoms. The van der Waals surface area contributed by atoms with Crippen LogP contribution < -0.4 is 9.47 Å². The van der Waals surface area contributed by atoms with Crippen molar-refractivity contribution in [3.05, 3.63) is 23.8 Å². The van der Waals surface area contributed by atoms with E-state index in [2.05, 4.69) is 0 Å². The summed E-state index contributed by atoms with van der Waals surface area (Å²) in [6, 6.07) is 4.91. The van der Waals surface area contributed by atoms with Crippen LogP contribution >= 0.6 is 0 Å². The third-order valence-electron chi connectivity index (χ3n) is 5.69. The quantitative estimate of drug-likeness (QED) is 0.439. The smallest absolute Gasteiger partial charge is 0.317 e. The average Bonchev–Trinajstić information content (AvgIpc) is 2.74. The molecule has 0 heterocycles. The van der Waals surface area contributed by atoms with E-state index in [1.807, 2.05) is 27.7 Å². The van der Waals surface area contributed by atoms with Gasteiger partial charge in [-0.15, -0.1) is 0 Å². The van der Waals surface area contributed by atoms with Crippen LogP contribution in [0, 0.1) is 23.7 Å². The number of carbonyl (C=O) groups is 3. The van der Waals surface area contributed by atoms with Crippen molar-refractivity contribution in [1.82, 2.24) is 0 Å². The number of hydrogen-bond acceptors (Lipinski definition) is 8. The van der Waals surface area contributed by atoms with Crippen molar-refractivity contribution in [2.75, 3.05) is 27.4 Å². The monoisotopic (exact) mass is 464 g/mol. The zero-order chi connectivity index (χ0) is 24.9.